The van der Waals surface area contributed by atoms with Crippen LogP contribution in [0.1, 0.15) is 11.5 Å². The minimum atomic E-state index is -0.230. The number of carbonyl (C=O) groups excluding carboxylic acids is 2. The third kappa shape index (κ3) is 3.57. The number of pyridine rings is 1. The van der Waals surface area contributed by atoms with Crippen molar-refractivity contribution in [3.05, 3.63) is 30.1 Å². The Kier molecular flexibility index (Phi) is 5.42. The molecule has 2 atom stereocenters. The number of hydrogen-bond acceptors (Lipinski definition) is 5. The van der Waals surface area contributed by atoms with E-state index in [1.165, 1.54) is 7.11 Å². The molecule has 1 aromatic rings. The number of ether oxygens (including phenoxy) is 2. The topological polar surface area (TPSA) is 72.0 Å². The summed E-state index contributed by atoms with van der Waals surface area (Å²) < 4.78 is 10.3. The normalized spacial score (nSPS) is 24.2. The minimum Gasteiger partial charge on any atom is -0.378 e. The van der Waals surface area contributed by atoms with Crippen molar-refractivity contribution in [2.24, 2.45) is 5.92 Å². The Hall–Kier alpha value is -1.99. The number of carbonyl (C=O) groups is 2. The van der Waals surface area contributed by atoms with Crippen LogP contribution in [0.15, 0.2) is 24.5 Å². The molecule has 0 N–H and O–H groups in total. The fourth-order valence-electron chi connectivity index (χ4n) is 3.44. The molecule has 7 heteroatoms. The van der Waals surface area contributed by atoms with Crippen LogP contribution in [-0.2, 0) is 19.1 Å². The maximum atomic E-state index is 13.0. The maximum absolute atomic E-state index is 13.0. The van der Waals surface area contributed by atoms with Gasteiger partial charge in [-0.2, -0.15) is 0 Å². The van der Waals surface area contributed by atoms with Crippen LogP contribution in [0, 0.1) is 5.92 Å². The molecular weight excluding hydrogens is 310 g/mol. The highest BCUT2D eigenvalue weighted by atomic mass is 16.5. The smallest absolute Gasteiger partial charge is 0.248 e. The van der Waals surface area contributed by atoms with Crippen molar-refractivity contribution < 1.29 is 19.1 Å². The maximum Gasteiger partial charge on any atom is 0.248 e. The molecular formula is C17H23N3O4. The van der Waals surface area contributed by atoms with Crippen molar-refractivity contribution in [3.8, 4) is 0 Å². The summed E-state index contributed by atoms with van der Waals surface area (Å²) in [4.78, 5) is 32.8. The molecule has 3 heterocycles. The first kappa shape index (κ1) is 16.9. The summed E-state index contributed by atoms with van der Waals surface area (Å²) in [5.74, 6) is -0.211. The Bertz CT molecular complexity index is 574. The summed E-state index contributed by atoms with van der Waals surface area (Å²) in [7, 11) is 1.50. The predicted molar refractivity (Wildman–Crippen MR) is 86.3 cm³/mol. The molecule has 0 bridgehead atoms. The lowest BCUT2D eigenvalue weighted by atomic mass is 9.88. The van der Waals surface area contributed by atoms with Crippen LogP contribution in [0.3, 0.4) is 0 Å². The molecule has 0 radical (unpaired) electrons. The predicted octanol–water partition coefficient (Wildman–Crippen LogP) is 0.129. The molecule has 2 aliphatic heterocycles. The Morgan fingerprint density at radius 1 is 1.21 bits per heavy atom. The second kappa shape index (κ2) is 7.72. The number of likely N-dealkylation sites (tertiary alicyclic amines) is 1. The van der Waals surface area contributed by atoms with Gasteiger partial charge in [-0.15, -0.1) is 0 Å². The number of amides is 2. The second-order valence-electron chi connectivity index (χ2n) is 6.16. The summed E-state index contributed by atoms with van der Waals surface area (Å²) in [6.07, 6.45) is 3.45. The number of methoxy groups -OCH3 is 1. The monoisotopic (exact) mass is 333 g/mol. The molecule has 0 aromatic carbocycles. The van der Waals surface area contributed by atoms with Gasteiger partial charge < -0.3 is 19.3 Å². The number of rotatable bonds is 4. The van der Waals surface area contributed by atoms with Gasteiger partial charge in [0.2, 0.25) is 11.8 Å². The average molecular weight is 333 g/mol. The van der Waals surface area contributed by atoms with Crippen LogP contribution in [0.2, 0.25) is 0 Å². The lowest BCUT2D eigenvalue weighted by Crippen LogP contribution is -2.45. The molecule has 2 saturated heterocycles. The minimum absolute atomic E-state index is 0.0100. The highest BCUT2D eigenvalue weighted by Gasteiger charge is 2.42. The molecule has 2 aliphatic rings. The molecule has 0 saturated carbocycles. The molecule has 2 fully saturated rings. The van der Waals surface area contributed by atoms with Gasteiger partial charge in [-0.1, -0.05) is 0 Å². The molecule has 0 aliphatic carbocycles. The molecule has 1 aromatic heterocycles. The van der Waals surface area contributed by atoms with E-state index in [0.717, 1.165) is 5.56 Å². The first-order valence-corrected chi connectivity index (χ1v) is 8.24. The van der Waals surface area contributed by atoms with Crippen LogP contribution in [0.4, 0.5) is 0 Å². The first-order chi connectivity index (χ1) is 11.7. The SMILES string of the molecule is COCC(=O)N1C[C@@H](C(=O)N2CCOCC2)[C@H](c2ccncc2)C1. The van der Waals surface area contributed by atoms with Gasteiger partial charge in [-0.25, -0.2) is 0 Å². The van der Waals surface area contributed by atoms with Crippen LogP contribution >= 0.6 is 0 Å². The zero-order chi connectivity index (χ0) is 16.9. The standard InChI is InChI=1S/C17H23N3O4/c1-23-12-16(21)20-10-14(13-2-4-18-5-3-13)15(11-20)17(22)19-6-8-24-9-7-19/h2-5,14-15H,6-12H2,1H3/t14-,15+/m0/s1. The second-order valence-corrected chi connectivity index (χ2v) is 6.16. The van der Waals surface area contributed by atoms with E-state index < -0.39 is 0 Å². The molecule has 2 amide bonds. The van der Waals surface area contributed by atoms with Crippen molar-refractivity contribution in [3.63, 3.8) is 0 Å². The fraction of sp³-hybridized carbons (Fsp3) is 0.588. The Balaban J connectivity index is 1.79. The van der Waals surface area contributed by atoms with Crippen LogP contribution < -0.4 is 0 Å². The van der Waals surface area contributed by atoms with E-state index in [1.807, 2.05) is 17.0 Å². The highest BCUT2D eigenvalue weighted by molar-refractivity contribution is 5.84. The van der Waals surface area contributed by atoms with Gasteiger partial charge in [0.05, 0.1) is 19.1 Å². The van der Waals surface area contributed by atoms with Crippen molar-refractivity contribution in [2.75, 3.05) is 53.1 Å². The van der Waals surface area contributed by atoms with Gasteiger partial charge in [-0.3, -0.25) is 14.6 Å². The average Bonchev–Trinajstić information content (AvgIpc) is 3.08. The van der Waals surface area contributed by atoms with E-state index in [0.29, 0.717) is 39.4 Å². The van der Waals surface area contributed by atoms with Crippen molar-refractivity contribution in [1.29, 1.82) is 0 Å². The molecule has 24 heavy (non-hydrogen) atoms. The van der Waals surface area contributed by atoms with Gasteiger partial charge in [0, 0.05) is 51.6 Å². The highest BCUT2D eigenvalue weighted by Crippen LogP contribution is 2.34. The third-order valence-corrected chi connectivity index (χ3v) is 4.71. The largest absolute Gasteiger partial charge is 0.378 e. The van der Waals surface area contributed by atoms with Crippen LogP contribution in [0.5, 0.6) is 0 Å². The summed E-state index contributed by atoms with van der Waals surface area (Å²) >= 11 is 0. The fourth-order valence-corrected chi connectivity index (χ4v) is 3.44. The van der Waals surface area contributed by atoms with E-state index in [1.54, 1.807) is 17.3 Å². The summed E-state index contributed by atoms with van der Waals surface area (Å²) in [6, 6.07) is 3.85. The number of morpholine rings is 1. The summed E-state index contributed by atoms with van der Waals surface area (Å²) in [5, 5.41) is 0. The quantitative estimate of drug-likeness (QED) is 0.783. The van der Waals surface area contributed by atoms with E-state index in [2.05, 4.69) is 4.98 Å². The molecule has 130 valence electrons. The van der Waals surface area contributed by atoms with Crippen LogP contribution in [-0.4, -0.2) is 79.7 Å². The van der Waals surface area contributed by atoms with Crippen molar-refractivity contribution in [2.45, 2.75) is 5.92 Å². The molecule has 7 nitrogen and oxygen atoms in total. The van der Waals surface area contributed by atoms with Gasteiger partial charge in [-0.05, 0) is 17.7 Å². The van der Waals surface area contributed by atoms with Gasteiger partial charge in [0.25, 0.3) is 0 Å². The lowest BCUT2D eigenvalue weighted by molar-refractivity contribution is -0.140. The van der Waals surface area contributed by atoms with Crippen LogP contribution in [0.25, 0.3) is 0 Å². The summed E-state index contributed by atoms with van der Waals surface area (Å²) in [5.41, 5.74) is 1.05. The Morgan fingerprint density at radius 2 is 1.92 bits per heavy atom. The molecule has 0 spiro atoms. The van der Waals surface area contributed by atoms with Gasteiger partial charge in [0.1, 0.15) is 6.61 Å². The van der Waals surface area contributed by atoms with Crippen molar-refractivity contribution >= 4 is 11.8 Å². The number of aromatic nitrogens is 1. The van der Waals surface area contributed by atoms with E-state index in [4.69, 9.17) is 9.47 Å². The lowest BCUT2D eigenvalue weighted by Gasteiger charge is -2.30. The summed E-state index contributed by atoms with van der Waals surface area (Å²) in [6.45, 7) is 3.39. The molecule has 0 unspecified atom stereocenters. The Labute approximate surface area is 141 Å². The zero-order valence-electron chi connectivity index (χ0n) is 13.9. The van der Waals surface area contributed by atoms with E-state index in [-0.39, 0.29) is 30.3 Å². The van der Waals surface area contributed by atoms with Crippen molar-refractivity contribution in [1.82, 2.24) is 14.8 Å². The zero-order valence-corrected chi connectivity index (χ0v) is 13.9. The van der Waals surface area contributed by atoms with E-state index >= 15 is 0 Å². The van der Waals surface area contributed by atoms with Gasteiger partial charge in [0.15, 0.2) is 0 Å². The third-order valence-electron chi connectivity index (χ3n) is 4.71. The number of hydrogen-bond donors (Lipinski definition) is 0. The number of nitrogens with zero attached hydrogens (tertiary/aromatic N) is 3. The molecule has 3 rings (SSSR count). The first-order valence-electron chi connectivity index (χ1n) is 8.24. The van der Waals surface area contributed by atoms with E-state index in [9.17, 15) is 9.59 Å². The Morgan fingerprint density at radius 3 is 2.58 bits per heavy atom. The van der Waals surface area contributed by atoms with Gasteiger partial charge >= 0.3 is 0 Å².